The first-order chi connectivity index (χ1) is 15.3. The van der Waals surface area contributed by atoms with E-state index in [1.807, 2.05) is 41.6 Å². The van der Waals surface area contributed by atoms with Crippen molar-refractivity contribution < 1.29 is 9.53 Å². The fourth-order valence-corrected chi connectivity index (χ4v) is 4.02. The first-order valence-electron chi connectivity index (χ1n) is 10.4. The lowest BCUT2D eigenvalue weighted by molar-refractivity contribution is 0.0737. The number of pyridine rings is 2. The smallest absolute Gasteiger partial charge is 0.255 e. The summed E-state index contributed by atoms with van der Waals surface area (Å²) in [5, 5.41) is 6.48. The summed E-state index contributed by atoms with van der Waals surface area (Å²) in [5.41, 5.74) is 1.81. The van der Waals surface area contributed by atoms with E-state index in [9.17, 15) is 4.79 Å². The molecule has 1 aliphatic rings. The lowest BCUT2D eigenvalue weighted by Crippen LogP contribution is -2.36. The molecule has 1 aromatic carbocycles. The molecule has 1 saturated heterocycles. The molecule has 0 aliphatic carbocycles. The molecule has 3 aromatic heterocycles. The van der Waals surface area contributed by atoms with Crippen molar-refractivity contribution in [2.75, 3.05) is 26.3 Å². The van der Waals surface area contributed by atoms with E-state index in [2.05, 4.69) is 33.3 Å². The number of hydrogen-bond donors (Lipinski definition) is 0. The predicted octanol–water partition coefficient (Wildman–Crippen LogP) is 3.15. The normalized spacial score (nSPS) is 16.9. The summed E-state index contributed by atoms with van der Waals surface area (Å²) < 4.78 is 7.49. The van der Waals surface area contributed by atoms with Gasteiger partial charge in [-0.05, 0) is 47.7 Å². The molecule has 4 heterocycles. The van der Waals surface area contributed by atoms with Crippen LogP contribution in [0.5, 0.6) is 0 Å². The maximum absolute atomic E-state index is 13.1. The van der Waals surface area contributed by atoms with Gasteiger partial charge in [-0.1, -0.05) is 12.1 Å². The summed E-state index contributed by atoms with van der Waals surface area (Å²) in [6, 6.07) is 13.9. The van der Waals surface area contributed by atoms with Gasteiger partial charge >= 0.3 is 0 Å². The molecule has 1 amide bonds. The second-order valence-corrected chi connectivity index (χ2v) is 7.81. The van der Waals surface area contributed by atoms with Gasteiger partial charge in [0.1, 0.15) is 0 Å². The second kappa shape index (κ2) is 8.65. The van der Waals surface area contributed by atoms with Gasteiger partial charge < -0.3 is 9.64 Å². The molecule has 1 aliphatic heterocycles. The lowest BCUT2D eigenvalue weighted by Gasteiger charge is -2.24. The van der Waals surface area contributed by atoms with Gasteiger partial charge in [0.25, 0.3) is 5.91 Å². The highest BCUT2D eigenvalue weighted by molar-refractivity contribution is 5.94. The number of carbonyl (C=O) groups excluding carboxylic acids is 1. The molecule has 7 heteroatoms. The number of carbonyl (C=O) groups is 1. The minimum Gasteiger partial charge on any atom is -0.379 e. The van der Waals surface area contributed by atoms with Crippen molar-refractivity contribution in [3.05, 3.63) is 84.6 Å². The van der Waals surface area contributed by atoms with Crippen LogP contribution in [-0.4, -0.2) is 56.9 Å². The monoisotopic (exact) mass is 413 g/mol. The highest BCUT2D eigenvalue weighted by Gasteiger charge is 2.24. The Bertz CT molecular complexity index is 1170. The van der Waals surface area contributed by atoms with Gasteiger partial charge in [-0.3, -0.25) is 9.78 Å². The van der Waals surface area contributed by atoms with E-state index in [0.29, 0.717) is 37.7 Å². The van der Waals surface area contributed by atoms with E-state index < -0.39 is 0 Å². The Morgan fingerprint density at radius 2 is 2.06 bits per heavy atom. The molecule has 0 spiro atoms. The number of fused-ring (bicyclic) bond motifs is 1. The molecular formula is C24H23N5O2. The summed E-state index contributed by atoms with van der Waals surface area (Å²) in [4.78, 5) is 23.6. The Morgan fingerprint density at radius 3 is 2.90 bits per heavy atom. The van der Waals surface area contributed by atoms with Crippen LogP contribution in [0.3, 0.4) is 0 Å². The average Bonchev–Trinajstić information content (AvgIpc) is 3.26. The summed E-state index contributed by atoms with van der Waals surface area (Å²) in [5.74, 6) is 0.902. The summed E-state index contributed by atoms with van der Waals surface area (Å²) in [7, 11) is 0. The Hall–Kier alpha value is -3.58. The van der Waals surface area contributed by atoms with Gasteiger partial charge in [-0.25, -0.2) is 9.67 Å². The number of rotatable bonds is 4. The quantitative estimate of drug-likeness (QED) is 0.514. The number of aromatic nitrogens is 4. The van der Waals surface area contributed by atoms with Crippen molar-refractivity contribution >= 4 is 16.7 Å². The van der Waals surface area contributed by atoms with Gasteiger partial charge in [-0.2, -0.15) is 5.10 Å². The van der Waals surface area contributed by atoms with Crippen LogP contribution in [-0.2, 0) is 11.2 Å². The van der Waals surface area contributed by atoms with Crippen molar-refractivity contribution in [1.82, 2.24) is 24.6 Å². The Morgan fingerprint density at radius 1 is 1.10 bits per heavy atom. The van der Waals surface area contributed by atoms with E-state index in [1.165, 1.54) is 10.9 Å². The SMILES string of the molecule is O=C(c1ccc(-n2cccn2)nc1)N1CCOC[C@H](Cc2ccc3ccncc3c2)C1. The number of nitrogens with zero attached hydrogens (tertiary/aromatic N) is 5. The maximum Gasteiger partial charge on any atom is 0.255 e. The van der Waals surface area contributed by atoms with Crippen molar-refractivity contribution in [3.63, 3.8) is 0 Å². The third kappa shape index (κ3) is 4.32. The molecule has 0 bridgehead atoms. The predicted molar refractivity (Wildman–Crippen MR) is 117 cm³/mol. The second-order valence-electron chi connectivity index (χ2n) is 7.81. The van der Waals surface area contributed by atoms with Crippen LogP contribution >= 0.6 is 0 Å². The fraction of sp³-hybridized carbons (Fsp3) is 0.250. The first-order valence-corrected chi connectivity index (χ1v) is 10.4. The highest BCUT2D eigenvalue weighted by Crippen LogP contribution is 2.20. The highest BCUT2D eigenvalue weighted by atomic mass is 16.5. The number of hydrogen-bond acceptors (Lipinski definition) is 5. The van der Waals surface area contributed by atoms with E-state index in [4.69, 9.17) is 4.74 Å². The topological polar surface area (TPSA) is 73.1 Å². The largest absolute Gasteiger partial charge is 0.379 e. The summed E-state index contributed by atoms with van der Waals surface area (Å²) in [6.07, 6.45) is 9.69. The molecule has 1 atom stereocenters. The molecule has 5 rings (SSSR count). The van der Waals surface area contributed by atoms with Crippen LogP contribution in [0.4, 0.5) is 0 Å². The molecule has 0 radical (unpaired) electrons. The average molecular weight is 413 g/mol. The zero-order valence-electron chi connectivity index (χ0n) is 17.1. The Kier molecular flexibility index (Phi) is 5.41. The standard InChI is InChI=1S/C24H23N5O2/c30-24(21-4-5-23(26-15-21)29-9-1-7-27-29)28-10-11-31-17-19(16-28)12-18-2-3-20-6-8-25-14-22(20)13-18/h1-9,13-15,19H,10-12,16-17H2/t19-/m1/s1. The van der Waals surface area contributed by atoms with Gasteiger partial charge in [0.15, 0.2) is 5.82 Å². The van der Waals surface area contributed by atoms with Crippen LogP contribution in [0.2, 0.25) is 0 Å². The summed E-state index contributed by atoms with van der Waals surface area (Å²) in [6.45, 7) is 2.43. The Balaban J connectivity index is 1.29. The molecule has 0 unspecified atom stereocenters. The van der Waals surface area contributed by atoms with Gasteiger partial charge in [0.2, 0.25) is 0 Å². The van der Waals surface area contributed by atoms with Crippen LogP contribution < -0.4 is 0 Å². The fourth-order valence-electron chi connectivity index (χ4n) is 4.02. The van der Waals surface area contributed by atoms with Crippen LogP contribution in [0.15, 0.2) is 73.4 Å². The molecule has 0 N–H and O–H groups in total. The minimum atomic E-state index is -0.0160. The third-order valence-electron chi connectivity index (χ3n) is 5.59. The Labute approximate surface area is 180 Å². The van der Waals surface area contributed by atoms with E-state index in [1.54, 1.807) is 23.3 Å². The van der Waals surface area contributed by atoms with Gasteiger partial charge in [0.05, 0.1) is 18.8 Å². The van der Waals surface area contributed by atoms with Crippen molar-refractivity contribution in [2.24, 2.45) is 5.92 Å². The zero-order chi connectivity index (χ0) is 21.0. The van der Waals surface area contributed by atoms with Crippen LogP contribution in [0.1, 0.15) is 15.9 Å². The van der Waals surface area contributed by atoms with Crippen LogP contribution in [0, 0.1) is 5.92 Å². The maximum atomic E-state index is 13.1. The molecule has 31 heavy (non-hydrogen) atoms. The summed E-state index contributed by atoms with van der Waals surface area (Å²) >= 11 is 0. The van der Waals surface area contributed by atoms with E-state index in [-0.39, 0.29) is 11.8 Å². The van der Waals surface area contributed by atoms with E-state index >= 15 is 0 Å². The number of benzene rings is 1. The molecule has 156 valence electrons. The molecule has 0 saturated carbocycles. The number of ether oxygens (including phenoxy) is 1. The van der Waals surface area contributed by atoms with E-state index in [0.717, 1.165) is 11.8 Å². The number of amides is 1. The molecular weight excluding hydrogens is 390 g/mol. The van der Waals surface area contributed by atoms with Gasteiger partial charge in [0, 0.05) is 55.4 Å². The molecule has 7 nitrogen and oxygen atoms in total. The third-order valence-corrected chi connectivity index (χ3v) is 5.59. The first kappa shape index (κ1) is 19.4. The minimum absolute atomic E-state index is 0.0160. The van der Waals surface area contributed by atoms with Crippen molar-refractivity contribution in [3.8, 4) is 5.82 Å². The molecule has 4 aromatic rings. The van der Waals surface area contributed by atoms with Crippen molar-refractivity contribution in [1.29, 1.82) is 0 Å². The lowest BCUT2D eigenvalue weighted by atomic mass is 9.97. The zero-order valence-corrected chi connectivity index (χ0v) is 17.1. The van der Waals surface area contributed by atoms with Crippen LogP contribution in [0.25, 0.3) is 16.6 Å². The van der Waals surface area contributed by atoms with Gasteiger partial charge in [-0.15, -0.1) is 0 Å². The molecule has 1 fully saturated rings. The van der Waals surface area contributed by atoms with Crippen molar-refractivity contribution in [2.45, 2.75) is 6.42 Å².